The number of nitrogen functional groups attached to an aromatic ring is 1. The predicted molar refractivity (Wildman–Crippen MR) is 65.3 cm³/mol. The number of rotatable bonds is 1. The maximum absolute atomic E-state index is 6.01. The summed E-state index contributed by atoms with van der Waals surface area (Å²) >= 11 is 0. The van der Waals surface area contributed by atoms with E-state index in [9.17, 15) is 0 Å². The maximum Gasteiger partial charge on any atom is 0.218 e. The van der Waals surface area contributed by atoms with Crippen LogP contribution in [-0.2, 0) is 0 Å². The predicted octanol–water partition coefficient (Wildman–Crippen LogP) is 2.17. The van der Waals surface area contributed by atoms with E-state index in [4.69, 9.17) is 5.73 Å². The van der Waals surface area contributed by atoms with Crippen molar-refractivity contribution in [3.05, 3.63) is 5.82 Å². The SMILES string of the molecule is Cc1nc(N)n(C2C3CC4CC(C3)CC2C4)n1. The first-order valence-electron chi connectivity index (χ1n) is 6.89. The van der Waals surface area contributed by atoms with Crippen molar-refractivity contribution in [1.82, 2.24) is 14.8 Å². The number of aromatic nitrogens is 3. The zero-order chi connectivity index (χ0) is 11.6. The zero-order valence-electron chi connectivity index (χ0n) is 10.3. The molecule has 2 N–H and O–H groups in total. The molecule has 1 heterocycles. The second-order valence-electron chi connectivity index (χ2n) is 6.38. The Balaban J connectivity index is 1.72. The third-order valence-electron chi connectivity index (χ3n) is 5.22. The Bertz CT molecular complexity index is 422. The van der Waals surface area contributed by atoms with E-state index in [1.165, 1.54) is 32.1 Å². The van der Waals surface area contributed by atoms with Crippen LogP contribution < -0.4 is 5.73 Å². The molecule has 5 rings (SSSR count). The van der Waals surface area contributed by atoms with Crippen LogP contribution in [0.3, 0.4) is 0 Å². The van der Waals surface area contributed by atoms with Gasteiger partial charge in [-0.2, -0.15) is 10.1 Å². The van der Waals surface area contributed by atoms with Gasteiger partial charge in [0, 0.05) is 0 Å². The largest absolute Gasteiger partial charge is 0.368 e. The second-order valence-corrected chi connectivity index (χ2v) is 6.38. The number of hydrogen-bond donors (Lipinski definition) is 1. The van der Waals surface area contributed by atoms with Gasteiger partial charge in [-0.3, -0.25) is 0 Å². The molecule has 0 unspecified atom stereocenters. The van der Waals surface area contributed by atoms with E-state index in [2.05, 4.69) is 10.1 Å². The summed E-state index contributed by atoms with van der Waals surface area (Å²) in [4.78, 5) is 4.27. The highest BCUT2D eigenvalue weighted by Crippen LogP contribution is 2.58. The lowest BCUT2D eigenvalue weighted by Gasteiger charge is -2.54. The van der Waals surface area contributed by atoms with Gasteiger partial charge < -0.3 is 5.73 Å². The number of hydrogen-bond acceptors (Lipinski definition) is 3. The van der Waals surface area contributed by atoms with E-state index in [0.717, 1.165) is 29.5 Å². The van der Waals surface area contributed by atoms with Crippen molar-refractivity contribution in [1.29, 1.82) is 0 Å². The standard InChI is InChI=1S/C13H20N4/c1-7-15-13(14)17(16-7)12-10-3-8-2-9(5-10)6-11(12)4-8/h8-12H,2-6H2,1H3,(H2,14,15,16). The Morgan fingerprint density at radius 3 is 2.12 bits per heavy atom. The van der Waals surface area contributed by atoms with Gasteiger partial charge in [0.25, 0.3) is 0 Å². The van der Waals surface area contributed by atoms with E-state index in [-0.39, 0.29) is 0 Å². The molecule has 0 saturated heterocycles. The highest BCUT2D eigenvalue weighted by Gasteiger charge is 2.49. The van der Waals surface area contributed by atoms with E-state index in [0.29, 0.717) is 12.0 Å². The minimum Gasteiger partial charge on any atom is -0.368 e. The Kier molecular flexibility index (Phi) is 1.89. The average molecular weight is 232 g/mol. The Labute approximate surface area is 102 Å². The van der Waals surface area contributed by atoms with Crippen molar-refractivity contribution < 1.29 is 0 Å². The van der Waals surface area contributed by atoms with Crippen molar-refractivity contribution >= 4 is 5.95 Å². The molecule has 92 valence electrons. The molecular formula is C13H20N4. The smallest absolute Gasteiger partial charge is 0.218 e. The average Bonchev–Trinajstić information content (AvgIpc) is 2.56. The van der Waals surface area contributed by atoms with Crippen molar-refractivity contribution in [2.45, 2.75) is 45.1 Å². The summed E-state index contributed by atoms with van der Waals surface area (Å²) in [6.07, 6.45) is 7.09. The molecular weight excluding hydrogens is 212 g/mol. The molecule has 4 heteroatoms. The molecule has 1 aromatic heterocycles. The molecule has 4 bridgehead atoms. The molecule has 0 amide bonds. The molecule has 4 nitrogen and oxygen atoms in total. The number of nitrogens with zero attached hydrogens (tertiary/aromatic N) is 3. The van der Waals surface area contributed by atoms with Crippen molar-refractivity contribution in [2.75, 3.05) is 5.73 Å². The van der Waals surface area contributed by atoms with Gasteiger partial charge in [-0.25, -0.2) is 4.68 Å². The highest BCUT2D eigenvalue weighted by atomic mass is 15.4. The summed E-state index contributed by atoms with van der Waals surface area (Å²) < 4.78 is 2.04. The third kappa shape index (κ3) is 1.36. The molecule has 0 aliphatic heterocycles. The van der Waals surface area contributed by atoms with Crippen LogP contribution in [0.5, 0.6) is 0 Å². The van der Waals surface area contributed by atoms with Crippen LogP contribution in [0.1, 0.15) is 44.0 Å². The molecule has 0 aromatic carbocycles. The fourth-order valence-corrected chi connectivity index (χ4v) is 4.96. The Hall–Kier alpha value is -1.06. The minimum absolute atomic E-state index is 0.545. The lowest BCUT2D eigenvalue weighted by atomic mass is 9.54. The number of anilines is 1. The van der Waals surface area contributed by atoms with Crippen LogP contribution in [0.15, 0.2) is 0 Å². The van der Waals surface area contributed by atoms with E-state index in [1.54, 1.807) is 0 Å². The second kappa shape index (κ2) is 3.24. The van der Waals surface area contributed by atoms with Gasteiger partial charge in [-0.15, -0.1) is 0 Å². The van der Waals surface area contributed by atoms with Crippen molar-refractivity contribution in [3.8, 4) is 0 Å². The van der Waals surface area contributed by atoms with Gasteiger partial charge in [-0.1, -0.05) is 0 Å². The van der Waals surface area contributed by atoms with E-state index < -0.39 is 0 Å². The van der Waals surface area contributed by atoms with Crippen LogP contribution in [0.4, 0.5) is 5.95 Å². The summed E-state index contributed by atoms with van der Waals surface area (Å²) in [6, 6.07) is 0.545. The number of nitrogens with two attached hydrogens (primary N) is 1. The van der Waals surface area contributed by atoms with Gasteiger partial charge in [0.2, 0.25) is 5.95 Å². The van der Waals surface area contributed by atoms with Crippen LogP contribution in [0, 0.1) is 30.6 Å². The topological polar surface area (TPSA) is 56.7 Å². The molecule has 0 radical (unpaired) electrons. The quantitative estimate of drug-likeness (QED) is 0.807. The Morgan fingerprint density at radius 2 is 1.65 bits per heavy atom. The van der Waals surface area contributed by atoms with Crippen molar-refractivity contribution in [3.63, 3.8) is 0 Å². The molecule has 0 spiro atoms. The van der Waals surface area contributed by atoms with Crippen LogP contribution in [-0.4, -0.2) is 14.8 Å². The maximum atomic E-state index is 6.01. The summed E-state index contributed by atoms with van der Waals surface area (Å²) in [5.41, 5.74) is 6.01. The van der Waals surface area contributed by atoms with E-state index >= 15 is 0 Å². The summed E-state index contributed by atoms with van der Waals surface area (Å²) in [5, 5.41) is 4.54. The fraction of sp³-hybridized carbons (Fsp3) is 0.846. The zero-order valence-corrected chi connectivity index (χ0v) is 10.3. The lowest BCUT2D eigenvalue weighted by Crippen LogP contribution is -2.46. The third-order valence-corrected chi connectivity index (χ3v) is 5.22. The minimum atomic E-state index is 0.545. The normalized spacial score (nSPS) is 43.2. The molecule has 0 atom stereocenters. The van der Waals surface area contributed by atoms with Gasteiger partial charge in [0.15, 0.2) is 0 Å². The van der Waals surface area contributed by atoms with Crippen LogP contribution in [0.25, 0.3) is 0 Å². The molecule has 4 aliphatic rings. The lowest BCUT2D eigenvalue weighted by molar-refractivity contribution is -0.0329. The summed E-state index contributed by atoms with van der Waals surface area (Å²) in [6.45, 7) is 1.93. The van der Waals surface area contributed by atoms with Crippen molar-refractivity contribution in [2.24, 2.45) is 23.7 Å². The van der Waals surface area contributed by atoms with Gasteiger partial charge in [0.1, 0.15) is 5.82 Å². The number of aryl methyl sites for hydroxylation is 1. The van der Waals surface area contributed by atoms with Gasteiger partial charge in [0.05, 0.1) is 6.04 Å². The first kappa shape index (κ1) is 9.92. The van der Waals surface area contributed by atoms with Crippen LogP contribution >= 0.6 is 0 Å². The first-order valence-corrected chi connectivity index (χ1v) is 6.89. The summed E-state index contributed by atoms with van der Waals surface area (Å²) in [5.74, 6) is 5.07. The Morgan fingerprint density at radius 1 is 1.06 bits per heavy atom. The molecule has 4 aliphatic carbocycles. The molecule has 17 heavy (non-hydrogen) atoms. The van der Waals surface area contributed by atoms with E-state index in [1.807, 2.05) is 11.6 Å². The fourth-order valence-electron chi connectivity index (χ4n) is 4.96. The summed E-state index contributed by atoms with van der Waals surface area (Å²) in [7, 11) is 0. The first-order chi connectivity index (χ1) is 8.20. The molecule has 1 aromatic rings. The van der Waals surface area contributed by atoms with Gasteiger partial charge in [-0.05, 0) is 62.7 Å². The highest BCUT2D eigenvalue weighted by molar-refractivity contribution is 5.18. The van der Waals surface area contributed by atoms with Gasteiger partial charge >= 0.3 is 0 Å². The monoisotopic (exact) mass is 232 g/mol. The van der Waals surface area contributed by atoms with Crippen LogP contribution in [0.2, 0.25) is 0 Å². The molecule has 4 saturated carbocycles. The molecule has 4 fully saturated rings.